The third kappa shape index (κ3) is 8.11. The molecule has 3 rings (SSSR count). The molecular weight excluding hydrogens is 493 g/mol. The van der Waals surface area contributed by atoms with Crippen molar-refractivity contribution in [3.05, 3.63) is 53.5 Å². The lowest BCUT2D eigenvalue weighted by Crippen LogP contribution is -2.44. The molecule has 1 aromatic heterocycles. The van der Waals surface area contributed by atoms with Gasteiger partial charge in [-0.15, -0.1) is 0 Å². The third-order valence-electron chi connectivity index (χ3n) is 6.69. The SMILES string of the molecule is CC1=C[C@@H](O)C[C@@H](F)Cc2cc(no2)C(=O)N2CCC[C@@H]2C(=O)O[C@H](C(C)C)[C@H](C)/C=C/C(=O)NCC=C1. The van der Waals surface area contributed by atoms with Gasteiger partial charge in [0.2, 0.25) is 5.91 Å². The van der Waals surface area contributed by atoms with Gasteiger partial charge >= 0.3 is 5.97 Å². The molecule has 0 saturated carbocycles. The number of nitrogens with one attached hydrogen (secondary N) is 1. The molecule has 5 atom stereocenters. The summed E-state index contributed by atoms with van der Waals surface area (Å²) in [4.78, 5) is 40.0. The van der Waals surface area contributed by atoms with E-state index in [1.54, 1.807) is 25.2 Å². The van der Waals surface area contributed by atoms with Gasteiger partial charge in [0, 0.05) is 37.9 Å². The highest BCUT2D eigenvalue weighted by Crippen LogP contribution is 2.25. The number of carbonyl (C=O) groups excluding carboxylic acids is 3. The maximum Gasteiger partial charge on any atom is 0.329 e. The molecular formula is C28H38FN3O6. The highest BCUT2D eigenvalue weighted by Gasteiger charge is 2.38. The van der Waals surface area contributed by atoms with E-state index in [0.29, 0.717) is 19.4 Å². The fraction of sp³-hybridized carbons (Fsp3) is 0.571. The van der Waals surface area contributed by atoms with Gasteiger partial charge in [-0.25, -0.2) is 9.18 Å². The van der Waals surface area contributed by atoms with Crippen molar-refractivity contribution in [2.45, 2.75) is 77.8 Å². The van der Waals surface area contributed by atoms with Gasteiger partial charge in [0.05, 0.1) is 6.10 Å². The Morgan fingerprint density at radius 2 is 2.00 bits per heavy atom. The zero-order chi connectivity index (χ0) is 27.8. The van der Waals surface area contributed by atoms with Gasteiger partial charge in [0.25, 0.3) is 5.91 Å². The molecule has 38 heavy (non-hydrogen) atoms. The molecule has 2 aliphatic heterocycles. The maximum absolute atomic E-state index is 14.6. The molecule has 1 saturated heterocycles. The molecule has 2 N–H and O–H groups in total. The molecule has 0 unspecified atom stereocenters. The largest absolute Gasteiger partial charge is 0.460 e. The highest BCUT2D eigenvalue weighted by molar-refractivity contribution is 5.95. The Hall–Kier alpha value is -3.27. The molecule has 10 heteroatoms. The zero-order valence-corrected chi connectivity index (χ0v) is 22.4. The Bertz CT molecular complexity index is 1080. The number of amides is 2. The number of nitrogens with zero attached hydrogens (tertiary/aromatic N) is 2. The normalized spacial score (nSPS) is 29.4. The Balaban J connectivity index is 1.85. The average Bonchev–Trinajstić information content (AvgIpc) is 3.52. The number of esters is 1. The van der Waals surface area contributed by atoms with Crippen molar-refractivity contribution in [1.82, 2.24) is 15.4 Å². The number of allylic oxidation sites excluding steroid dienone is 2. The van der Waals surface area contributed by atoms with Gasteiger partial charge in [-0.05, 0) is 31.8 Å². The van der Waals surface area contributed by atoms with E-state index in [1.807, 2.05) is 20.8 Å². The van der Waals surface area contributed by atoms with E-state index >= 15 is 0 Å². The quantitative estimate of drug-likeness (QED) is 0.533. The topological polar surface area (TPSA) is 122 Å². The van der Waals surface area contributed by atoms with Crippen LogP contribution in [0.15, 0.2) is 46.5 Å². The van der Waals surface area contributed by atoms with Crippen LogP contribution in [0, 0.1) is 11.8 Å². The lowest BCUT2D eigenvalue weighted by molar-refractivity contribution is -0.158. The van der Waals surface area contributed by atoms with Gasteiger partial charge in [0.1, 0.15) is 24.1 Å². The standard InChI is InChI=1S/C28H38FN3O6/c1-17(2)26-19(4)9-10-25(34)30-11-5-7-18(3)13-21(33)14-20(29)15-22-16-23(31-38-22)27(35)32-12-6-8-24(32)28(36)37-26/h5,7,9-10,13,16-17,19-21,24,26,33H,6,8,11-12,14-15H2,1-4H3,(H,30,34)/b7-5?,10-9+,18-13?/t19-,20-,21-,24-,26-/m1/s1. The minimum absolute atomic E-state index is 0.00515. The first-order valence-electron chi connectivity index (χ1n) is 13.1. The smallest absolute Gasteiger partial charge is 0.329 e. The third-order valence-corrected chi connectivity index (χ3v) is 6.69. The average molecular weight is 532 g/mol. The first-order valence-corrected chi connectivity index (χ1v) is 13.1. The molecule has 1 fully saturated rings. The lowest BCUT2D eigenvalue weighted by Gasteiger charge is -2.29. The van der Waals surface area contributed by atoms with Gasteiger partial charge in [-0.2, -0.15) is 0 Å². The minimum Gasteiger partial charge on any atom is -0.460 e. The van der Waals surface area contributed by atoms with Crippen LogP contribution in [-0.2, 0) is 20.7 Å². The van der Waals surface area contributed by atoms with Crippen LogP contribution < -0.4 is 5.32 Å². The number of aliphatic hydroxyl groups excluding tert-OH is 1. The number of aliphatic hydroxyl groups is 1. The predicted molar refractivity (Wildman–Crippen MR) is 139 cm³/mol. The van der Waals surface area contributed by atoms with Gasteiger partial charge in [-0.1, -0.05) is 55.8 Å². The minimum atomic E-state index is -1.42. The van der Waals surface area contributed by atoms with E-state index in [-0.39, 0.29) is 48.6 Å². The van der Waals surface area contributed by atoms with E-state index in [1.165, 1.54) is 23.1 Å². The summed E-state index contributed by atoms with van der Waals surface area (Å²) in [7, 11) is 0. The van der Waals surface area contributed by atoms with Crippen molar-refractivity contribution in [2.75, 3.05) is 13.1 Å². The summed E-state index contributed by atoms with van der Waals surface area (Å²) in [5.74, 6) is -1.37. The lowest BCUT2D eigenvalue weighted by atomic mass is 9.94. The molecule has 208 valence electrons. The second-order valence-corrected chi connectivity index (χ2v) is 10.4. The second kappa shape index (κ2) is 13.5. The molecule has 0 spiro atoms. The Morgan fingerprint density at radius 3 is 2.74 bits per heavy atom. The molecule has 0 aromatic carbocycles. The van der Waals surface area contributed by atoms with Crippen LogP contribution in [0.3, 0.4) is 0 Å². The first kappa shape index (κ1) is 29.3. The summed E-state index contributed by atoms with van der Waals surface area (Å²) in [5.41, 5.74) is 0.713. The summed E-state index contributed by atoms with van der Waals surface area (Å²) >= 11 is 0. The fourth-order valence-electron chi connectivity index (χ4n) is 4.78. The van der Waals surface area contributed by atoms with Crippen LogP contribution >= 0.6 is 0 Å². The highest BCUT2D eigenvalue weighted by atomic mass is 19.1. The number of ether oxygens (including phenoxy) is 1. The van der Waals surface area contributed by atoms with E-state index in [9.17, 15) is 23.9 Å². The van der Waals surface area contributed by atoms with Crippen molar-refractivity contribution >= 4 is 17.8 Å². The molecule has 1 aromatic rings. The fourth-order valence-corrected chi connectivity index (χ4v) is 4.78. The number of hydrogen-bond donors (Lipinski definition) is 2. The summed E-state index contributed by atoms with van der Waals surface area (Å²) in [6.45, 7) is 8.13. The summed E-state index contributed by atoms with van der Waals surface area (Å²) in [5, 5.41) is 16.8. The van der Waals surface area contributed by atoms with Gasteiger partial charge in [-0.3, -0.25) is 9.59 Å². The van der Waals surface area contributed by atoms with E-state index in [4.69, 9.17) is 9.26 Å². The Kier molecular flexibility index (Phi) is 10.4. The number of aromatic nitrogens is 1. The molecule has 9 nitrogen and oxygen atoms in total. The summed E-state index contributed by atoms with van der Waals surface area (Å²) in [6, 6.07) is 0.616. The van der Waals surface area contributed by atoms with Crippen LogP contribution in [0.4, 0.5) is 4.39 Å². The van der Waals surface area contributed by atoms with E-state index in [0.717, 1.165) is 5.57 Å². The van der Waals surface area contributed by atoms with Crippen LogP contribution in [0.25, 0.3) is 0 Å². The number of halogens is 1. The van der Waals surface area contributed by atoms with E-state index in [2.05, 4.69) is 10.5 Å². The van der Waals surface area contributed by atoms with Crippen molar-refractivity contribution in [1.29, 1.82) is 0 Å². The molecule has 2 aliphatic rings. The number of carbonyl (C=O) groups is 3. The van der Waals surface area contributed by atoms with Crippen LogP contribution in [0.2, 0.25) is 0 Å². The zero-order valence-electron chi connectivity index (χ0n) is 22.4. The van der Waals surface area contributed by atoms with Crippen molar-refractivity contribution in [2.24, 2.45) is 11.8 Å². The van der Waals surface area contributed by atoms with Crippen LogP contribution in [0.1, 0.15) is 63.2 Å². The van der Waals surface area contributed by atoms with Crippen molar-refractivity contribution in [3.8, 4) is 0 Å². The number of rotatable bonds is 1. The predicted octanol–water partition coefficient (Wildman–Crippen LogP) is 3.30. The Morgan fingerprint density at radius 1 is 1.24 bits per heavy atom. The molecule has 3 heterocycles. The second-order valence-electron chi connectivity index (χ2n) is 10.4. The monoisotopic (exact) mass is 531 g/mol. The first-order chi connectivity index (χ1) is 18.0. The molecule has 2 bridgehead atoms. The number of fused-ring (bicyclic) bond motifs is 3. The van der Waals surface area contributed by atoms with Gasteiger partial charge in [0.15, 0.2) is 5.69 Å². The molecule has 2 amide bonds. The number of cyclic esters (lactones) is 1. The number of hydrogen-bond acceptors (Lipinski definition) is 7. The maximum atomic E-state index is 14.6. The number of alkyl halides is 1. The van der Waals surface area contributed by atoms with Gasteiger partial charge < -0.3 is 24.6 Å². The van der Waals surface area contributed by atoms with Crippen LogP contribution in [0.5, 0.6) is 0 Å². The molecule has 0 aliphatic carbocycles. The Labute approximate surface area is 222 Å². The van der Waals surface area contributed by atoms with Crippen molar-refractivity contribution < 1.29 is 33.1 Å². The van der Waals surface area contributed by atoms with Crippen LogP contribution in [-0.4, -0.2) is 70.5 Å². The van der Waals surface area contributed by atoms with E-state index < -0.39 is 36.3 Å². The summed E-state index contributed by atoms with van der Waals surface area (Å²) in [6.07, 6.45) is 5.94. The van der Waals surface area contributed by atoms with Crippen molar-refractivity contribution in [3.63, 3.8) is 0 Å². The summed E-state index contributed by atoms with van der Waals surface area (Å²) < 4.78 is 25.7. The molecule has 0 radical (unpaired) electrons.